The Hall–Kier alpha value is -1.79. The fourth-order valence-electron chi connectivity index (χ4n) is 3.36. The molecule has 1 aromatic carbocycles. The van der Waals surface area contributed by atoms with Gasteiger partial charge in [0.25, 0.3) is 0 Å². The van der Waals surface area contributed by atoms with Crippen molar-refractivity contribution < 1.29 is 9.53 Å². The van der Waals surface area contributed by atoms with E-state index in [-0.39, 0.29) is 6.03 Å². The monoisotopic (exact) mass is 346 g/mol. The van der Waals surface area contributed by atoms with E-state index in [1.165, 1.54) is 0 Å². The number of nitrogens with zero attached hydrogens (tertiary/aromatic N) is 3. The van der Waals surface area contributed by atoms with Crippen molar-refractivity contribution in [1.82, 2.24) is 14.7 Å². The van der Waals surface area contributed by atoms with E-state index in [9.17, 15) is 4.79 Å². The van der Waals surface area contributed by atoms with Crippen LogP contribution in [0.25, 0.3) is 0 Å². The van der Waals surface area contributed by atoms with Gasteiger partial charge in [0, 0.05) is 38.4 Å². The molecule has 2 aliphatic heterocycles. The number of anilines is 1. The number of piperidine rings is 1. The van der Waals surface area contributed by atoms with Gasteiger partial charge in [0.15, 0.2) is 0 Å². The number of likely N-dealkylation sites (tertiary alicyclic amines) is 1. The summed E-state index contributed by atoms with van der Waals surface area (Å²) in [4.78, 5) is 18.9. The number of nitrogens with one attached hydrogen (secondary N) is 1. The van der Waals surface area contributed by atoms with Crippen molar-refractivity contribution in [2.75, 3.05) is 58.7 Å². The van der Waals surface area contributed by atoms with Gasteiger partial charge in [-0.1, -0.05) is 0 Å². The lowest BCUT2D eigenvalue weighted by Gasteiger charge is -2.29. The van der Waals surface area contributed by atoms with Crippen molar-refractivity contribution >= 4 is 11.7 Å². The summed E-state index contributed by atoms with van der Waals surface area (Å²) in [5.41, 5.74) is 0.818. The number of carbonyl (C=O) groups is 1. The summed E-state index contributed by atoms with van der Waals surface area (Å²) in [6, 6.07) is 7.73. The molecule has 138 valence electrons. The predicted octanol–water partition coefficient (Wildman–Crippen LogP) is 2.33. The van der Waals surface area contributed by atoms with E-state index in [1.807, 2.05) is 29.2 Å². The first-order valence-corrected chi connectivity index (χ1v) is 9.30. The largest absolute Gasteiger partial charge is 0.490 e. The van der Waals surface area contributed by atoms with E-state index < -0.39 is 0 Å². The van der Waals surface area contributed by atoms with Crippen molar-refractivity contribution in [3.63, 3.8) is 0 Å². The Labute approximate surface area is 150 Å². The number of benzene rings is 1. The molecular formula is C19H30N4O2. The van der Waals surface area contributed by atoms with E-state index in [0.29, 0.717) is 6.10 Å². The molecule has 0 atom stereocenters. The molecule has 0 spiro atoms. The van der Waals surface area contributed by atoms with Gasteiger partial charge in [-0.25, -0.2) is 4.79 Å². The molecule has 0 unspecified atom stereocenters. The van der Waals surface area contributed by atoms with E-state index in [0.717, 1.165) is 70.0 Å². The van der Waals surface area contributed by atoms with Crippen LogP contribution in [-0.4, -0.2) is 80.2 Å². The van der Waals surface area contributed by atoms with Gasteiger partial charge >= 0.3 is 6.03 Å². The number of rotatable bonds is 3. The van der Waals surface area contributed by atoms with E-state index in [2.05, 4.69) is 29.2 Å². The molecule has 3 rings (SSSR count). The fourth-order valence-corrected chi connectivity index (χ4v) is 3.36. The third kappa shape index (κ3) is 5.34. The Bertz CT molecular complexity index is 555. The smallest absolute Gasteiger partial charge is 0.321 e. The Morgan fingerprint density at radius 2 is 1.64 bits per heavy atom. The summed E-state index contributed by atoms with van der Waals surface area (Å²) < 4.78 is 6.05. The summed E-state index contributed by atoms with van der Waals surface area (Å²) >= 11 is 0. The van der Waals surface area contributed by atoms with Crippen LogP contribution in [0, 0.1) is 0 Å². The molecular weight excluding hydrogens is 316 g/mol. The quantitative estimate of drug-likeness (QED) is 0.913. The van der Waals surface area contributed by atoms with Crippen LogP contribution < -0.4 is 10.1 Å². The molecule has 2 heterocycles. The van der Waals surface area contributed by atoms with Crippen LogP contribution in [0.5, 0.6) is 5.75 Å². The average molecular weight is 346 g/mol. The average Bonchev–Trinajstić information content (AvgIpc) is 2.83. The maximum atomic E-state index is 12.4. The van der Waals surface area contributed by atoms with Gasteiger partial charge in [0.2, 0.25) is 0 Å². The first kappa shape index (κ1) is 18.0. The fraction of sp³-hybridized carbons (Fsp3) is 0.632. The number of hydrogen-bond acceptors (Lipinski definition) is 4. The van der Waals surface area contributed by atoms with Crippen molar-refractivity contribution in [1.29, 1.82) is 0 Å². The highest BCUT2D eigenvalue weighted by Crippen LogP contribution is 2.21. The van der Waals surface area contributed by atoms with Crippen LogP contribution in [0.15, 0.2) is 24.3 Å². The summed E-state index contributed by atoms with van der Waals surface area (Å²) in [6.07, 6.45) is 3.45. The highest BCUT2D eigenvalue weighted by molar-refractivity contribution is 5.89. The topological polar surface area (TPSA) is 48.1 Å². The lowest BCUT2D eigenvalue weighted by molar-refractivity contribution is 0.114. The highest BCUT2D eigenvalue weighted by Gasteiger charge is 2.19. The van der Waals surface area contributed by atoms with Gasteiger partial charge in [0.05, 0.1) is 0 Å². The molecule has 0 radical (unpaired) electrons. The molecule has 2 amide bonds. The Kier molecular flexibility index (Phi) is 6.15. The van der Waals surface area contributed by atoms with Crippen molar-refractivity contribution in [2.24, 2.45) is 0 Å². The standard InChI is InChI=1S/C19H30N4O2/c1-21-10-3-11-23(15-14-21)19(24)20-16-4-6-17(7-5-16)25-18-8-12-22(2)13-9-18/h4-7,18H,3,8-15H2,1-2H3,(H,20,24). The first-order chi connectivity index (χ1) is 12.1. The molecule has 2 aliphatic rings. The minimum atomic E-state index is -0.0145. The van der Waals surface area contributed by atoms with Crippen LogP contribution in [-0.2, 0) is 0 Å². The molecule has 0 aliphatic carbocycles. The van der Waals surface area contributed by atoms with Crippen LogP contribution in [0.2, 0.25) is 0 Å². The number of carbonyl (C=O) groups excluding carboxylic acids is 1. The van der Waals surface area contributed by atoms with Crippen LogP contribution in [0.4, 0.5) is 10.5 Å². The van der Waals surface area contributed by atoms with Gasteiger partial charge in [-0.3, -0.25) is 0 Å². The molecule has 0 saturated carbocycles. The van der Waals surface area contributed by atoms with Crippen LogP contribution in [0.1, 0.15) is 19.3 Å². The zero-order valence-electron chi connectivity index (χ0n) is 15.4. The lowest BCUT2D eigenvalue weighted by Crippen LogP contribution is -2.37. The van der Waals surface area contributed by atoms with Gasteiger partial charge in [-0.2, -0.15) is 0 Å². The molecule has 1 N–H and O–H groups in total. The molecule has 1 aromatic rings. The molecule has 6 heteroatoms. The zero-order valence-corrected chi connectivity index (χ0v) is 15.4. The number of amides is 2. The summed E-state index contributed by atoms with van der Waals surface area (Å²) in [7, 11) is 4.25. The zero-order chi connectivity index (χ0) is 17.6. The van der Waals surface area contributed by atoms with E-state index >= 15 is 0 Å². The van der Waals surface area contributed by atoms with Crippen molar-refractivity contribution in [2.45, 2.75) is 25.4 Å². The van der Waals surface area contributed by atoms with Gasteiger partial charge in [-0.15, -0.1) is 0 Å². The maximum absolute atomic E-state index is 12.4. The van der Waals surface area contributed by atoms with Gasteiger partial charge in [-0.05, 0) is 64.2 Å². The van der Waals surface area contributed by atoms with Crippen LogP contribution >= 0.6 is 0 Å². The Morgan fingerprint density at radius 1 is 0.960 bits per heavy atom. The molecule has 2 saturated heterocycles. The molecule has 0 aromatic heterocycles. The molecule has 2 fully saturated rings. The SMILES string of the molecule is CN1CCC(Oc2ccc(NC(=O)N3CCCN(C)CC3)cc2)CC1. The van der Waals surface area contributed by atoms with E-state index in [1.54, 1.807) is 0 Å². The predicted molar refractivity (Wildman–Crippen MR) is 100 cm³/mol. The van der Waals surface area contributed by atoms with Gasteiger partial charge in [0.1, 0.15) is 11.9 Å². The van der Waals surface area contributed by atoms with Crippen molar-refractivity contribution in [3.8, 4) is 5.75 Å². The second kappa shape index (κ2) is 8.54. The first-order valence-electron chi connectivity index (χ1n) is 9.30. The number of ether oxygens (including phenoxy) is 1. The minimum absolute atomic E-state index is 0.0145. The third-order valence-electron chi connectivity index (χ3n) is 5.08. The number of likely N-dealkylation sites (N-methyl/N-ethyl adjacent to an activating group) is 1. The van der Waals surface area contributed by atoms with Crippen molar-refractivity contribution in [3.05, 3.63) is 24.3 Å². The molecule has 6 nitrogen and oxygen atoms in total. The lowest BCUT2D eigenvalue weighted by atomic mass is 10.1. The van der Waals surface area contributed by atoms with Crippen LogP contribution in [0.3, 0.4) is 0 Å². The second-order valence-electron chi connectivity index (χ2n) is 7.22. The Morgan fingerprint density at radius 3 is 2.36 bits per heavy atom. The Balaban J connectivity index is 1.49. The maximum Gasteiger partial charge on any atom is 0.321 e. The summed E-state index contributed by atoms with van der Waals surface area (Å²) in [6.45, 7) is 5.74. The van der Waals surface area contributed by atoms with E-state index in [4.69, 9.17) is 4.74 Å². The molecule has 0 bridgehead atoms. The normalized spacial score (nSPS) is 21.0. The highest BCUT2D eigenvalue weighted by atomic mass is 16.5. The summed E-state index contributed by atoms with van der Waals surface area (Å²) in [5.74, 6) is 0.879. The molecule has 25 heavy (non-hydrogen) atoms. The number of hydrogen-bond donors (Lipinski definition) is 1. The third-order valence-corrected chi connectivity index (χ3v) is 5.08. The second-order valence-corrected chi connectivity index (χ2v) is 7.22. The van der Waals surface area contributed by atoms with Gasteiger partial charge < -0.3 is 24.8 Å². The number of urea groups is 1. The summed E-state index contributed by atoms with van der Waals surface area (Å²) in [5, 5.41) is 3.00. The minimum Gasteiger partial charge on any atom is -0.490 e.